The number of nitrogens with one attached hydrogen (secondary N) is 2. The van der Waals surface area contributed by atoms with E-state index in [1.54, 1.807) is 24.3 Å². The molecule has 0 atom stereocenters. The van der Waals surface area contributed by atoms with Crippen molar-refractivity contribution in [3.8, 4) is 40.3 Å². The van der Waals surface area contributed by atoms with Crippen molar-refractivity contribution in [2.24, 2.45) is 0 Å². The van der Waals surface area contributed by atoms with Crippen LogP contribution in [0.5, 0.6) is 17.2 Å². The van der Waals surface area contributed by atoms with Crippen molar-refractivity contribution in [2.75, 3.05) is 19.9 Å². The van der Waals surface area contributed by atoms with E-state index in [9.17, 15) is 4.79 Å². The molecular weight excluding hydrogens is 358 g/mol. The number of hydrogen-bond donors (Lipinski definition) is 2. The molecule has 0 saturated carbocycles. The van der Waals surface area contributed by atoms with Crippen LogP contribution in [0.2, 0.25) is 0 Å². The number of H-pyrrole nitrogens is 1. The third-order valence-corrected chi connectivity index (χ3v) is 4.01. The van der Waals surface area contributed by atoms with Crippen LogP contribution in [0.15, 0.2) is 54.6 Å². The summed E-state index contributed by atoms with van der Waals surface area (Å²) in [5.41, 5.74) is 2.05. The van der Waals surface area contributed by atoms with Crippen molar-refractivity contribution < 1.29 is 19.0 Å². The minimum Gasteiger partial charge on any atom is -0.481 e. The number of benzene rings is 2. The van der Waals surface area contributed by atoms with Gasteiger partial charge in [-0.3, -0.25) is 9.89 Å². The Morgan fingerprint density at radius 1 is 1.11 bits per heavy atom. The lowest BCUT2D eigenvalue weighted by atomic mass is 10.1. The van der Waals surface area contributed by atoms with Crippen LogP contribution in [0.3, 0.4) is 0 Å². The molecule has 2 N–H and O–H groups in total. The molecule has 0 saturated heterocycles. The van der Waals surface area contributed by atoms with E-state index in [0.717, 1.165) is 5.56 Å². The first kappa shape index (κ1) is 17.5. The average molecular weight is 375 g/mol. The zero-order valence-electron chi connectivity index (χ0n) is 14.9. The van der Waals surface area contributed by atoms with Gasteiger partial charge >= 0.3 is 0 Å². The highest BCUT2D eigenvalue weighted by Gasteiger charge is 2.13. The summed E-state index contributed by atoms with van der Waals surface area (Å²) in [5.74, 6) is 7.45. The Morgan fingerprint density at radius 2 is 1.96 bits per heavy atom. The molecule has 140 valence electrons. The lowest BCUT2D eigenvalue weighted by molar-refractivity contribution is 0.0953. The highest BCUT2D eigenvalue weighted by atomic mass is 16.7. The number of aromatic amines is 1. The third kappa shape index (κ3) is 4.07. The van der Waals surface area contributed by atoms with Crippen molar-refractivity contribution in [3.05, 3.63) is 60.3 Å². The van der Waals surface area contributed by atoms with Crippen LogP contribution in [-0.4, -0.2) is 36.0 Å². The first-order chi connectivity index (χ1) is 13.8. The summed E-state index contributed by atoms with van der Waals surface area (Å²) in [7, 11) is 0. The van der Waals surface area contributed by atoms with E-state index in [-0.39, 0.29) is 25.9 Å². The predicted molar refractivity (Wildman–Crippen MR) is 102 cm³/mol. The molecule has 1 aliphatic heterocycles. The fourth-order valence-electron chi connectivity index (χ4n) is 2.61. The molecule has 0 spiro atoms. The Balaban J connectivity index is 1.23. The predicted octanol–water partition coefficient (Wildman–Crippen LogP) is 2.62. The molecule has 28 heavy (non-hydrogen) atoms. The van der Waals surface area contributed by atoms with E-state index in [1.807, 2.05) is 30.3 Å². The molecule has 1 amide bonds. The Hall–Kier alpha value is -3.92. The van der Waals surface area contributed by atoms with Crippen LogP contribution in [0.25, 0.3) is 11.3 Å². The second-order valence-electron chi connectivity index (χ2n) is 5.87. The molecule has 2 heterocycles. The molecule has 0 fully saturated rings. The quantitative estimate of drug-likeness (QED) is 0.670. The number of amides is 1. The number of rotatable bonds is 5. The van der Waals surface area contributed by atoms with Gasteiger partial charge in [-0.2, -0.15) is 5.10 Å². The van der Waals surface area contributed by atoms with Crippen molar-refractivity contribution in [2.45, 2.75) is 0 Å². The number of hydrogen-bond acceptors (Lipinski definition) is 5. The molecule has 7 nitrogen and oxygen atoms in total. The molecule has 0 aliphatic carbocycles. The molecule has 4 rings (SSSR count). The largest absolute Gasteiger partial charge is 0.481 e. The summed E-state index contributed by atoms with van der Waals surface area (Å²) in [6.07, 6.45) is 0. The molecule has 1 aliphatic rings. The number of fused-ring (bicyclic) bond motifs is 1. The van der Waals surface area contributed by atoms with Gasteiger partial charge in [-0.15, -0.1) is 0 Å². The Morgan fingerprint density at radius 3 is 2.86 bits per heavy atom. The van der Waals surface area contributed by atoms with E-state index in [2.05, 4.69) is 27.4 Å². The minimum atomic E-state index is -0.263. The topological polar surface area (TPSA) is 85.5 Å². The van der Waals surface area contributed by atoms with E-state index in [0.29, 0.717) is 28.6 Å². The standard InChI is InChI=1S/C21H17N3O4/c25-21(18-13-17(23-24-18)15-6-2-1-3-7-15)22-10-4-5-11-26-16-8-9-19-20(12-16)28-14-27-19/h1-3,6-9,12-13H,10-11,14H2,(H,22,25)(H,23,24). The Labute approximate surface area is 161 Å². The summed E-state index contributed by atoms with van der Waals surface area (Å²) in [4.78, 5) is 12.1. The minimum absolute atomic E-state index is 0.206. The average Bonchev–Trinajstić information content (AvgIpc) is 3.40. The van der Waals surface area contributed by atoms with E-state index in [4.69, 9.17) is 14.2 Å². The number of carbonyl (C=O) groups excluding carboxylic acids is 1. The number of nitrogens with zero attached hydrogens (tertiary/aromatic N) is 1. The highest BCUT2D eigenvalue weighted by Crippen LogP contribution is 2.34. The maximum atomic E-state index is 12.1. The number of aromatic nitrogens is 2. The summed E-state index contributed by atoms with van der Waals surface area (Å²) in [5, 5.41) is 9.62. The van der Waals surface area contributed by atoms with Crippen LogP contribution >= 0.6 is 0 Å². The summed E-state index contributed by atoms with van der Waals surface area (Å²) < 4.78 is 16.1. The lowest BCUT2D eigenvalue weighted by Gasteiger charge is -2.02. The van der Waals surface area contributed by atoms with Gasteiger partial charge in [0.1, 0.15) is 18.1 Å². The van der Waals surface area contributed by atoms with Crippen molar-refractivity contribution in [1.82, 2.24) is 15.5 Å². The Kier molecular flexibility index (Phi) is 5.11. The zero-order valence-corrected chi connectivity index (χ0v) is 14.9. The second-order valence-corrected chi connectivity index (χ2v) is 5.87. The van der Waals surface area contributed by atoms with Crippen molar-refractivity contribution in [1.29, 1.82) is 0 Å². The van der Waals surface area contributed by atoms with Gasteiger partial charge in [-0.1, -0.05) is 42.2 Å². The fourth-order valence-corrected chi connectivity index (χ4v) is 2.61. The van der Waals surface area contributed by atoms with Crippen LogP contribution in [0.4, 0.5) is 0 Å². The highest BCUT2D eigenvalue weighted by molar-refractivity contribution is 5.93. The summed E-state index contributed by atoms with van der Waals surface area (Å²) in [6.45, 7) is 0.641. The van der Waals surface area contributed by atoms with Crippen LogP contribution in [-0.2, 0) is 0 Å². The molecule has 0 radical (unpaired) electrons. The lowest BCUT2D eigenvalue weighted by Crippen LogP contribution is -2.24. The van der Waals surface area contributed by atoms with Crippen LogP contribution in [0.1, 0.15) is 10.5 Å². The van der Waals surface area contributed by atoms with Gasteiger partial charge < -0.3 is 19.5 Å². The van der Waals surface area contributed by atoms with E-state index >= 15 is 0 Å². The van der Waals surface area contributed by atoms with Gasteiger partial charge in [0.2, 0.25) is 6.79 Å². The first-order valence-electron chi connectivity index (χ1n) is 8.67. The zero-order chi connectivity index (χ0) is 19.2. The van der Waals surface area contributed by atoms with E-state index in [1.165, 1.54) is 0 Å². The molecule has 2 aromatic carbocycles. The van der Waals surface area contributed by atoms with Gasteiger partial charge in [-0.25, -0.2) is 0 Å². The molecular formula is C21H17N3O4. The summed E-state index contributed by atoms with van der Waals surface area (Å²) in [6, 6.07) is 16.7. The first-order valence-corrected chi connectivity index (χ1v) is 8.67. The van der Waals surface area contributed by atoms with Crippen molar-refractivity contribution in [3.63, 3.8) is 0 Å². The Bertz CT molecular complexity index is 1030. The van der Waals surface area contributed by atoms with Gasteiger partial charge in [0.25, 0.3) is 5.91 Å². The molecule has 3 aromatic rings. The molecule has 1 aromatic heterocycles. The van der Waals surface area contributed by atoms with Crippen LogP contribution in [0, 0.1) is 11.8 Å². The molecule has 0 bridgehead atoms. The third-order valence-electron chi connectivity index (χ3n) is 4.01. The summed E-state index contributed by atoms with van der Waals surface area (Å²) >= 11 is 0. The number of ether oxygens (including phenoxy) is 3. The van der Waals surface area contributed by atoms with Gasteiger partial charge in [0.15, 0.2) is 11.5 Å². The molecule has 7 heteroatoms. The molecule has 0 unspecified atom stereocenters. The SMILES string of the molecule is O=C(NCC#CCOc1ccc2c(c1)OCO2)c1cc(-c2ccccc2)n[nH]1. The second kappa shape index (κ2) is 8.18. The van der Waals surface area contributed by atoms with Crippen molar-refractivity contribution >= 4 is 5.91 Å². The normalized spacial score (nSPS) is 11.4. The van der Waals surface area contributed by atoms with Crippen LogP contribution < -0.4 is 19.5 Å². The van der Waals surface area contributed by atoms with Gasteiger partial charge in [0, 0.05) is 11.6 Å². The van der Waals surface area contributed by atoms with E-state index < -0.39 is 0 Å². The van der Waals surface area contributed by atoms with Gasteiger partial charge in [-0.05, 0) is 18.2 Å². The monoisotopic (exact) mass is 375 g/mol. The smallest absolute Gasteiger partial charge is 0.270 e. The maximum Gasteiger partial charge on any atom is 0.270 e. The van der Waals surface area contributed by atoms with Gasteiger partial charge in [0.05, 0.1) is 12.2 Å². The number of carbonyl (C=O) groups is 1. The fraction of sp³-hybridized carbons (Fsp3) is 0.143. The maximum absolute atomic E-state index is 12.1.